The summed E-state index contributed by atoms with van der Waals surface area (Å²) in [5.74, 6) is -0.896. The standard InChI is InChI=1S/C14H16N2O3/c1-9-11(8-13(18)19)14(15-6-7-17)10-4-2-3-5-12(10)16-9/h2-5,17H,6-8H2,1H3,(H,15,16)(H,18,19). The van der Waals surface area contributed by atoms with Crippen molar-refractivity contribution in [2.75, 3.05) is 18.5 Å². The summed E-state index contributed by atoms with van der Waals surface area (Å²) in [6.45, 7) is 2.16. The van der Waals surface area contributed by atoms with Crippen LogP contribution in [0.5, 0.6) is 0 Å². The number of pyridine rings is 1. The zero-order valence-electron chi connectivity index (χ0n) is 10.7. The molecule has 0 radical (unpaired) electrons. The van der Waals surface area contributed by atoms with E-state index in [1.54, 1.807) is 6.92 Å². The van der Waals surface area contributed by atoms with E-state index in [1.165, 1.54) is 0 Å². The van der Waals surface area contributed by atoms with Crippen LogP contribution in [0, 0.1) is 6.92 Å². The SMILES string of the molecule is Cc1nc2ccccc2c(NCCO)c1CC(=O)O. The zero-order chi connectivity index (χ0) is 13.8. The molecule has 0 aliphatic carbocycles. The Morgan fingerprint density at radius 2 is 2.11 bits per heavy atom. The van der Waals surface area contributed by atoms with Gasteiger partial charge in [-0.1, -0.05) is 18.2 Å². The highest BCUT2D eigenvalue weighted by Crippen LogP contribution is 2.28. The zero-order valence-corrected chi connectivity index (χ0v) is 10.7. The Morgan fingerprint density at radius 3 is 2.79 bits per heavy atom. The number of aliphatic hydroxyl groups excluding tert-OH is 1. The summed E-state index contributed by atoms with van der Waals surface area (Å²) >= 11 is 0. The summed E-state index contributed by atoms with van der Waals surface area (Å²) < 4.78 is 0. The van der Waals surface area contributed by atoms with E-state index in [-0.39, 0.29) is 13.0 Å². The van der Waals surface area contributed by atoms with Gasteiger partial charge in [-0.05, 0) is 13.0 Å². The van der Waals surface area contributed by atoms with Crippen LogP contribution in [0.2, 0.25) is 0 Å². The molecule has 5 heteroatoms. The van der Waals surface area contributed by atoms with Crippen LogP contribution in [0.4, 0.5) is 5.69 Å². The molecule has 0 amide bonds. The smallest absolute Gasteiger partial charge is 0.307 e. The number of nitrogens with one attached hydrogen (secondary N) is 1. The van der Waals surface area contributed by atoms with E-state index in [4.69, 9.17) is 10.2 Å². The minimum atomic E-state index is -0.896. The van der Waals surface area contributed by atoms with Gasteiger partial charge < -0.3 is 15.5 Å². The second kappa shape index (κ2) is 5.67. The van der Waals surface area contributed by atoms with Crippen LogP contribution in [0.3, 0.4) is 0 Å². The summed E-state index contributed by atoms with van der Waals surface area (Å²) in [4.78, 5) is 15.4. The van der Waals surface area contributed by atoms with E-state index in [0.29, 0.717) is 17.8 Å². The second-order valence-electron chi connectivity index (χ2n) is 4.29. The normalized spacial score (nSPS) is 10.6. The molecule has 100 valence electrons. The van der Waals surface area contributed by atoms with Gasteiger partial charge in [0, 0.05) is 28.9 Å². The van der Waals surface area contributed by atoms with Crippen molar-refractivity contribution in [3.8, 4) is 0 Å². The van der Waals surface area contributed by atoms with Crippen LogP contribution < -0.4 is 5.32 Å². The Kier molecular flexibility index (Phi) is 3.97. The van der Waals surface area contributed by atoms with Gasteiger partial charge in [0.1, 0.15) is 0 Å². The Balaban J connectivity index is 2.62. The van der Waals surface area contributed by atoms with Gasteiger partial charge in [0.25, 0.3) is 0 Å². The van der Waals surface area contributed by atoms with E-state index in [9.17, 15) is 4.79 Å². The lowest BCUT2D eigenvalue weighted by molar-refractivity contribution is -0.136. The number of nitrogens with zero attached hydrogens (tertiary/aromatic N) is 1. The summed E-state index contributed by atoms with van der Waals surface area (Å²) in [7, 11) is 0. The third kappa shape index (κ3) is 2.82. The molecule has 0 unspecified atom stereocenters. The maximum absolute atomic E-state index is 11.0. The van der Waals surface area contributed by atoms with Crippen molar-refractivity contribution in [3.05, 3.63) is 35.5 Å². The van der Waals surface area contributed by atoms with Crippen molar-refractivity contribution in [2.24, 2.45) is 0 Å². The lowest BCUT2D eigenvalue weighted by Crippen LogP contribution is -2.12. The van der Waals surface area contributed by atoms with Crippen molar-refractivity contribution < 1.29 is 15.0 Å². The maximum atomic E-state index is 11.0. The Labute approximate surface area is 110 Å². The van der Waals surface area contributed by atoms with Gasteiger partial charge >= 0.3 is 5.97 Å². The first-order chi connectivity index (χ1) is 9.13. The predicted molar refractivity (Wildman–Crippen MR) is 73.4 cm³/mol. The highest BCUT2D eigenvalue weighted by Gasteiger charge is 2.14. The number of benzene rings is 1. The van der Waals surface area contributed by atoms with Gasteiger partial charge in [-0.3, -0.25) is 9.78 Å². The molecule has 0 bridgehead atoms. The predicted octanol–water partition coefficient (Wildman–Crippen LogP) is 1.57. The lowest BCUT2D eigenvalue weighted by atomic mass is 10.0. The number of carbonyl (C=O) groups is 1. The van der Waals surface area contributed by atoms with Crippen LogP contribution in [0.1, 0.15) is 11.3 Å². The molecule has 0 saturated heterocycles. The van der Waals surface area contributed by atoms with Gasteiger partial charge in [0.2, 0.25) is 0 Å². The van der Waals surface area contributed by atoms with Crippen LogP contribution in [0.25, 0.3) is 10.9 Å². The van der Waals surface area contributed by atoms with Crippen LogP contribution >= 0.6 is 0 Å². The van der Waals surface area contributed by atoms with E-state index < -0.39 is 5.97 Å². The molecule has 0 aliphatic heterocycles. The third-order valence-electron chi connectivity index (χ3n) is 2.94. The summed E-state index contributed by atoms with van der Waals surface area (Å²) in [6.07, 6.45) is -0.0859. The first-order valence-corrected chi connectivity index (χ1v) is 6.08. The largest absolute Gasteiger partial charge is 0.481 e. The average Bonchev–Trinajstić information content (AvgIpc) is 2.38. The number of hydrogen-bond donors (Lipinski definition) is 3. The molecule has 0 aliphatic rings. The molecule has 0 saturated carbocycles. The summed E-state index contributed by atoms with van der Waals surface area (Å²) in [6, 6.07) is 7.55. The first-order valence-electron chi connectivity index (χ1n) is 6.08. The lowest BCUT2D eigenvalue weighted by Gasteiger charge is -2.15. The van der Waals surface area contributed by atoms with Crippen molar-refractivity contribution in [1.29, 1.82) is 0 Å². The number of aliphatic hydroxyl groups is 1. The molecular weight excluding hydrogens is 244 g/mol. The number of aliphatic carboxylic acids is 1. The molecule has 1 aromatic heterocycles. The summed E-state index contributed by atoms with van der Waals surface area (Å²) in [5, 5.41) is 21.9. The van der Waals surface area contributed by atoms with Crippen molar-refractivity contribution in [3.63, 3.8) is 0 Å². The number of carboxylic acid groups (broad SMARTS) is 1. The van der Waals surface area contributed by atoms with E-state index >= 15 is 0 Å². The Hall–Kier alpha value is -2.14. The van der Waals surface area contributed by atoms with Gasteiger partial charge in [-0.15, -0.1) is 0 Å². The molecule has 19 heavy (non-hydrogen) atoms. The third-order valence-corrected chi connectivity index (χ3v) is 2.94. The van der Waals surface area contributed by atoms with E-state index in [0.717, 1.165) is 16.6 Å². The molecule has 2 rings (SSSR count). The molecule has 0 atom stereocenters. The van der Waals surface area contributed by atoms with Crippen LogP contribution in [0.15, 0.2) is 24.3 Å². The molecule has 1 heterocycles. The van der Waals surface area contributed by atoms with E-state index in [2.05, 4.69) is 10.3 Å². The van der Waals surface area contributed by atoms with Crippen molar-refractivity contribution in [2.45, 2.75) is 13.3 Å². The highest BCUT2D eigenvalue weighted by molar-refractivity contribution is 5.94. The molecule has 3 N–H and O–H groups in total. The fourth-order valence-corrected chi connectivity index (χ4v) is 2.12. The van der Waals surface area contributed by atoms with Crippen LogP contribution in [-0.2, 0) is 11.2 Å². The number of para-hydroxylation sites is 1. The molecular formula is C14H16N2O3. The van der Waals surface area contributed by atoms with E-state index in [1.807, 2.05) is 24.3 Å². The van der Waals surface area contributed by atoms with Gasteiger partial charge in [-0.25, -0.2) is 0 Å². The van der Waals surface area contributed by atoms with Gasteiger partial charge in [-0.2, -0.15) is 0 Å². The number of anilines is 1. The Bertz CT molecular complexity index is 611. The van der Waals surface area contributed by atoms with Crippen LogP contribution in [-0.4, -0.2) is 34.3 Å². The fraction of sp³-hybridized carbons (Fsp3) is 0.286. The minimum Gasteiger partial charge on any atom is -0.481 e. The topological polar surface area (TPSA) is 82.5 Å². The number of aryl methyl sites for hydroxylation is 1. The molecule has 2 aromatic rings. The average molecular weight is 260 g/mol. The van der Waals surface area contributed by atoms with Crippen molar-refractivity contribution in [1.82, 2.24) is 4.98 Å². The first kappa shape index (κ1) is 13.3. The van der Waals surface area contributed by atoms with Gasteiger partial charge in [0.15, 0.2) is 0 Å². The molecule has 0 fully saturated rings. The summed E-state index contributed by atoms with van der Waals surface area (Å²) in [5.41, 5.74) is 2.93. The number of rotatable bonds is 5. The van der Waals surface area contributed by atoms with Gasteiger partial charge in [0.05, 0.1) is 18.5 Å². The minimum absolute atomic E-state index is 0.0117. The highest BCUT2D eigenvalue weighted by atomic mass is 16.4. The molecule has 5 nitrogen and oxygen atoms in total. The number of fused-ring (bicyclic) bond motifs is 1. The Morgan fingerprint density at radius 1 is 1.37 bits per heavy atom. The number of aromatic nitrogens is 1. The quantitative estimate of drug-likeness (QED) is 0.760. The maximum Gasteiger partial charge on any atom is 0.307 e. The molecule has 1 aromatic carbocycles. The number of carboxylic acids is 1. The second-order valence-corrected chi connectivity index (χ2v) is 4.29. The monoisotopic (exact) mass is 260 g/mol. The molecule has 0 spiro atoms. The van der Waals surface area contributed by atoms with Crippen molar-refractivity contribution >= 4 is 22.6 Å². The number of hydrogen-bond acceptors (Lipinski definition) is 4. The fourth-order valence-electron chi connectivity index (χ4n) is 2.12.